The second-order valence-corrected chi connectivity index (χ2v) is 7.69. The summed E-state index contributed by atoms with van der Waals surface area (Å²) in [6.45, 7) is 6.16. The molecule has 3 aliphatic rings. The third-order valence-corrected chi connectivity index (χ3v) is 6.18. The average Bonchev–Trinajstić information content (AvgIpc) is 3.24. The van der Waals surface area contributed by atoms with Crippen molar-refractivity contribution in [3.05, 3.63) is 27.7 Å². The number of unbranched alkanes of at least 4 members (excludes halogenated alkanes) is 1. The van der Waals surface area contributed by atoms with Gasteiger partial charge < -0.3 is 14.0 Å². The predicted molar refractivity (Wildman–Crippen MR) is 97.5 cm³/mol. The number of carbonyl (C=O) groups excluding carboxylic acids is 1. The summed E-state index contributed by atoms with van der Waals surface area (Å²) in [6, 6.07) is 1.16. The van der Waals surface area contributed by atoms with Crippen molar-refractivity contribution in [2.75, 3.05) is 13.2 Å². The zero-order valence-corrected chi connectivity index (χ0v) is 15.7. The summed E-state index contributed by atoms with van der Waals surface area (Å²) in [7, 11) is 0. The van der Waals surface area contributed by atoms with E-state index >= 15 is 0 Å². The van der Waals surface area contributed by atoms with Crippen molar-refractivity contribution in [3.8, 4) is 5.75 Å². The lowest BCUT2D eigenvalue weighted by atomic mass is 9.96. The van der Waals surface area contributed by atoms with Crippen molar-refractivity contribution in [2.24, 2.45) is 5.92 Å². The Balaban J connectivity index is 1.73. The van der Waals surface area contributed by atoms with Gasteiger partial charge in [-0.3, -0.25) is 9.69 Å². The second-order valence-electron chi connectivity index (χ2n) is 7.69. The van der Waals surface area contributed by atoms with Crippen LogP contribution in [-0.4, -0.2) is 40.7 Å². The zero-order valence-electron chi connectivity index (χ0n) is 15.7. The maximum absolute atomic E-state index is 12.9. The van der Waals surface area contributed by atoms with Crippen LogP contribution in [0.1, 0.15) is 62.0 Å². The van der Waals surface area contributed by atoms with Crippen LogP contribution in [0.3, 0.4) is 0 Å². The Bertz CT molecular complexity index is 757. The molecule has 0 N–H and O–H groups in total. The number of rotatable bonds is 6. The van der Waals surface area contributed by atoms with Gasteiger partial charge in [-0.05, 0) is 38.5 Å². The van der Waals surface area contributed by atoms with Crippen molar-refractivity contribution in [3.63, 3.8) is 0 Å². The highest BCUT2D eigenvalue weighted by molar-refractivity contribution is 5.89. The highest BCUT2D eigenvalue weighted by Crippen LogP contribution is 2.46. The Hall–Kier alpha value is -1.82. The van der Waals surface area contributed by atoms with Crippen LogP contribution < -0.4 is 10.2 Å². The van der Waals surface area contributed by atoms with Gasteiger partial charge in [0.25, 0.3) is 0 Å². The molecule has 1 aliphatic carbocycles. The fourth-order valence-corrected chi connectivity index (χ4v) is 4.88. The number of piperidine rings is 1. The standard InChI is InChI=1S/C20H28N2O4/c1-3-5-8-26-19-17-12-22-14-7-6-13(9-14)16(22)11-21(17)10-15(18(19)23)20(24)25-4-2/h10,13-14,16H,3-9,11-12H2,1-2H3/t13-,14+,16+/m0/s1. The van der Waals surface area contributed by atoms with E-state index in [1.165, 1.54) is 19.3 Å². The maximum atomic E-state index is 12.9. The Morgan fingerprint density at radius 2 is 2.15 bits per heavy atom. The molecule has 142 valence electrons. The number of nitrogens with zero attached hydrogens (tertiary/aromatic N) is 2. The molecule has 3 heterocycles. The van der Waals surface area contributed by atoms with Gasteiger partial charge in [0.1, 0.15) is 5.56 Å². The van der Waals surface area contributed by atoms with Crippen LogP contribution >= 0.6 is 0 Å². The number of pyridine rings is 1. The molecule has 0 radical (unpaired) electrons. The van der Waals surface area contributed by atoms with Crippen LogP contribution in [-0.2, 0) is 17.8 Å². The normalized spacial score (nSPS) is 26.5. The second kappa shape index (κ2) is 7.06. The average molecular weight is 360 g/mol. The molecule has 2 aliphatic heterocycles. The molecule has 1 saturated carbocycles. The van der Waals surface area contributed by atoms with E-state index in [-0.39, 0.29) is 17.6 Å². The molecule has 6 heteroatoms. The van der Waals surface area contributed by atoms with Crippen molar-refractivity contribution in [1.29, 1.82) is 0 Å². The molecule has 2 fully saturated rings. The monoisotopic (exact) mass is 360 g/mol. The van der Waals surface area contributed by atoms with E-state index in [9.17, 15) is 9.59 Å². The summed E-state index contributed by atoms with van der Waals surface area (Å²) in [5.41, 5.74) is 0.690. The highest BCUT2D eigenvalue weighted by Gasteiger charge is 2.48. The van der Waals surface area contributed by atoms with Crippen molar-refractivity contribution >= 4 is 5.97 Å². The quantitative estimate of drug-likeness (QED) is 0.576. The van der Waals surface area contributed by atoms with Crippen LogP contribution in [0.5, 0.6) is 5.75 Å². The lowest BCUT2D eigenvalue weighted by molar-refractivity contribution is 0.0519. The van der Waals surface area contributed by atoms with Crippen molar-refractivity contribution in [2.45, 2.75) is 71.1 Å². The number of esters is 1. The maximum Gasteiger partial charge on any atom is 0.343 e. The molecule has 3 atom stereocenters. The van der Waals surface area contributed by atoms with Gasteiger partial charge in [0.2, 0.25) is 5.43 Å². The van der Waals surface area contributed by atoms with Crippen molar-refractivity contribution in [1.82, 2.24) is 9.47 Å². The molecule has 0 spiro atoms. The van der Waals surface area contributed by atoms with E-state index in [0.717, 1.165) is 37.5 Å². The van der Waals surface area contributed by atoms with E-state index in [4.69, 9.17) is 9.47 Å². The molecule has 1 saturated heterocycles. The van der Waals surface area contributed by atoms with Gasteiger partial charge in [-0.1, -0.05) is 13.3 Å². The van der Waals surface area contributed by atoms with Crippen LogP contribution in [0.2, 0.25) is 0 Å². The van der Waals surface area contributed by atoms with Gasteiger partial charge in [0, 0.05) is 31.4 Å². The molecule has 26 heavy (non-hydrogen) atoms. The smallest absolute Gasteiger partial charge is 0.343 e. The highest BCUT2D eigenvalue weighted by atomic mass is 16.5. The molecule has 0 aromatic carbocycles. The molecule has 6 nitrogen and oxygen atoms in total. The first kappa shape index (κ1) is 17.6. The lowest BCUT2D eigenvalue weighted by Crippen LogP contribution is -2.48. The minimum Gasteiger partial charge on any atom is -0.488 e. The van der Waals surface area contributed by atoms with Crippen LogP contribution in [0.15, 0.2) is 11.0 Å². The summed E-state index contributed by atoms with van der Waals surface area (Å²) in [6.07, 6.45) is 7.41. The minimum atomic E-state index is -0.552. The van der Waals surface area contributed by atoms with Crippen LogP contribution in [0, 0.1) is 5.92 Å². The zero-order chi connectivity index (χ0) is 18.3. The van der Waals surface area contributed by atoms with Crippen LogP contribution in [0.25, 0.3) is 0 Å². The summed E-state index contributed by atoms with van der Waals surface area (Å²) < 4.78 is 13.1. The summed E-state index contributed by atoms with van der Waals surface area (Å²) in [5, 5.41) is 0. The summed E-state index contributed by atoms with van der Waals surface area (Å²) >= 11 is 0. The molecule has 4 rings (SSSR count). The Labute approximate surface area is 154 Å². The molecular weight excluding hydrogens is 332 g/mol. The number of aromatic nitrogens is 1. The number of carbonyl (C=O) groups is 1. The number of fused-ring (bicyclic) bond motifs is 6. The van der Waals surface area contributed by atoms with E-state index in [1.807, 2.05) is 0 Å². The van der Waals surface area contributed by atoms with Gasteiger partial charge in [-0.15, -0.1) is 0 Å². The molecule has 1 aromatic rings. The van der Waals surface area contributed by atoms with Gasteiger partial charge >= 0.3 is 5.97 Å². The Morgan fingerprint density at radius 3 is 2.92 bits per heavy atom. The number of hydrogen-bond donors (Lipinski definition) is 0. The fourth-order valence-electron chi connectivity index (χ4n) is 4.88. The first-order chi connectivity index (χ1) is 12.6. The van der Waals surface area contributed by atoms with Gasteiger partial charge in [-0.25, -0.2) is 4.79 Å². The lowest BCUT2D eigenvalue weighted by Gasteiger charge is -2.41. The third kappa shape index (κ3) is 2.84. The minimum absolute atomic E-state index is 0.0960. The largest absolute Gasteiger partial charge is 0.488 e. The van der Waals surface area contributed by atoms with Gasteiger partial charge in [0.05, 0.1) is 18.9 Å². The molecule has 0 unspecified atom stereocenters. The van der Waals surface area contributed by atoms with Crippen molar-refractivity contribution < 1.29 is 14.3 Å². The van der Waals surface area contributed by atoms with E-state index in [0.29, 0.717) is 24.4 Å². The predicted octanol–water partition coefficient (Wildman–Crippen LogP) is 2.57. The molecule has 1 aromatic heterocycles. The van der Waals surface area contributed by atoms with E-state index in [1.54, 1.807) is 13.1 Å². The third-order valence-electron chi connectivity index (χ3n) is 6.18. The summed E-state index contributed by atoms with van der Waals surface area (Å²) in [4.78, 5) is 27.8. The first-order valence-corrected chi connectivity index (χ1v) is 9.96. The Kier molecular flexibility index (Phi) is 4.78. The van der Waals surface area contributed by atoms with Gasteiger partial charge in [0.15, 0.2) is 5.75 Å². The van der Waals surface area contributed by atoms with Gasteiger partial charge in [-0.2, -0.15) is 0 Å². The topological polar surface area (TPSA) is 60.8 Å². The van der Waals surface area contributed by atoms with E-state index in [2.05, 4.69) is 16.4 Å². The molecular formula is C20H28N2O4. The number of hydrogen-bond acceptors (Lipinski definition) is 5. The molecule has 2 bridgehead atoms. The fraction of sp³-hybridized carbons (Fsp3) is 0.700. The Morgan fingerprint density at radius 1 is 1.31 bits per heavy atom. The SMILES string of the molecule is CCCCOc1c2n(cc(C(=O)OCC)c1=O)C[C@@H]1[C@H]3CC[C@H](C3)N1C2. The summed E-state index contributed by atoms with van der Waals surface area (Å²) in [5.74, 6) is 0.539. The van der Waals surface area contributed by atoms with E-state index < -0.39 is 5.97 Å². The first-order valence-electron chi connectivity index (χ1n) is 9.96. The van der Waals surface area contributed by atoms with Crippen LogP contribution in [0.4, 0.5) is 0 Å². The number of ether oxygens (including phenoxy) is 2. The molecule has 0 amide bonds.